The third kappa shape index (κ3) is 3.80. The number of nitrogens with zero attached hydrogens (tertiary/aromatic N) is 3. The second-order valence-electron chi connectivity index (χ2n) is 6.18. The Morgan fingerprint density at radius 1 is 0.926 bits per heavy atom. The maximum atomic E-state index is 13.0. The van der Waals surface area contributed by atoms with E-state index in [1.165, 1.54) is 0 Å². The third-order valence-corrected chi connectivity index (χ3v) is 4.37. The summed E-state index contributed by atoms with van der Waals surface area (Å²) in [5.41, 5.74) is 3.67. The summed E-state index contributed by atoms with van der Waals surface area (Å²) >= 11 is 0. The van der Waals surface area contributed by atoms with Crippen LogP contribution >= 0.6 is 0 Å². The molecular formula is C23H19N3O. The van der Waals surface area contributed by atoms with Gasteiger partial charge in [-0.3, -0.25) is 4.79 Å². The molecule has 4 aromatic rings. The van der Waals surface area contributed by atoms with Gasteiger partial charge in [-0.15, -0.1) is 0 Å². The summed E-state index contributed by atoms with van der Waals surface area (Å²) in [6, 6.07) is 25.4. The normalized spacial score (nSPS) is 11.1. The predicted molar refractivity (Wildman–Crippen MR) is 108 cm³/mol. The van der Waals surface area contributed by atoms with Gasteiger partial charge in [-0.1, -0.05) is 54.6 Å². The van der Waals surface area contributed by atoms with Crippen molar-refractivity contribution in [2.24, 2.45) is 0 Å². The Morgan fingerprint density at radius 3 is 2.41 bits per heavy atom. The van der Waals surface area contributed by atoms with E-state index in [2.05, 4.69) is 4.98 Å². The van der Waals surface area contributed by atoms with Gasteiger partial charge in [0, 0.05) is 18.0 Å². The van der Waals surface area contributed by atoms with E-state index in [1.54, 1.807) is 11.0 Å². The zero-order chi connectivity index (χ0) is 18.5. The van der Waals surface area contributed by atoms with Gasteiger partial charge in [-0.25, -0.2) is 4.98 Å². The maximum absolute atomic E-state index is 13.0. The number of para-hydroxylation sites is 1. The molecule has 1 amide bonds. The first-order valence-corrected chi connectivity index (χ1v) is 8.82. The fourth-order valence-corrected chi connectivity index (χ4v) is 2.99. The molecule has 4 heteroatoms. The van der Waals surface area contributed by atoms with E-state index in [4.69, 9.17) is 0 Å². The van der Waals surface area contributed by atoms with E-state index in [0.29, 0.717) is 6.54 Å². The summed E-state index contributed by atoms with van der Waals surface area (Å²) in [6.07, 6.45) is 7.24. The van der Waals surface area contributed by atoms with Gasteiger partial charge >= 0.3 is 0 Å². The van der Waals surface area contributed by atoms with Crippen LogP contribution in [0.3, 0.4) is 0 Å². The summed E-state index contributed by atoms with van der Waals surface area (Å²) in [6.45, 7) is 0.438. The molecule has 0 spiro atoms. The lowest BCUT2D eigenvalue weighted by Gasteiger charge is -2.21. The van der Waals surface area contributed by atoms with Crippen LogP contribution in [-0.2, 0) is 11.3 Å². The average Bonchev–Trinajstić information content (AvgIpc) is 3.14. The van der Waals surface area contributed by atoms with Crippen LogP contribution in [0, 0.1) is 0 Å². The lowest BCUT2D eigenvalue weighted by molar-refractivity contribution is -0.114. The van der Waals surface area contributed by atoms with Crippen molar-refractivity contribution < 1.29 is 4.79 Å². The highest BCUT2D eigenvalue weighted by Crippen LogP contribution is 2.19. The van der Waals surface area contributed by atoms with Crippen LogP contribution in [0.4, 0.5) is 5.69 Å². The van der Waals surface area contributed by atoms with Gasteiger partial charge in [0.2, 0.25) is 0 Å². The third-order valence-electron chi connectivity index (χ3n) is 4.37. The number of hydrogen-bond acceptors (Lipinski definition) is 2. The van der Waals surface area contributed by atoms with Crippen LogP contribution in [0.25, 0.3) is 11.7 Å². The largest absolute Gasteiger partial charge is 0.303 e. The van der Waals surface area contributed by atoms with Crippen molar-refractivity contribution in [3.8, 4) is 0 Å². The predicted octanol–water partition coefficient (Wildman–Crippen LogP) is 4.58. The first kappa shape index (κ1) is 16.8. The van der Waals surface area contributed by atoms with Gasteiger partial charge in [-0.05, 0) is 35.9 Å². The molecule has 0 atom stereocenters. The fraction of sp³-hybridized carbons (Fsp3) is 0.0435. The maximum Gasteiger partial charge on any atom is 0.251 e. The molecule has 4 nitrogen and oxygen atoms in total. The van der Waals surface area contributed by atoms with E-state index < -0.39 is 0 Å². The number of carbonyl (C=O) groups is 1. The Morgan fingerprint density at radius 2 is 1.63 bits per heavy atom. The van der Waals surface area contributed by atoms with Crippen LogP contribution in [-0.4, -0.2) is 15.3 Å². The van der Waals surface area contributed by atoms with Crippen LogP contribution in [0.5, 0.6) is 0 Å². The SMILES string of the molecule is O=C(/C=C/c1ccccc1)N(Cc1cnc2ccccn12)c1ccccc1. The smallest absolute Gasteiger partial charge is 0.251 e. The van der Waals surface area contributed by atoms with Crippen LogP contribution in [0.2, 0.25) is 0 Å². The molecule has 4 rings (SSSR count). The number of pyridine rings is 1. The van der Waals surface area contributed by atoms with Gasteiger partial charge in [0.1, 0.15) is 5.65 Å². The van der Waals surface area contributed by atoms with Crippen molar-refractivity contribution in [1.82, 2.24) is 9.38 Å². The highest BCUT2D eigenvalue weighted by atomic mass is 16.2. The minimum Gasteiger partial charge on any atom is -0.303 e. The Bertz CT molecular complexity index is 1070. The molecule has 0 unspecified atom stereocenters. The van der Waals surface area contributed by atoms with Crippen molar-refractivity contribution in [2.75, 3.05) is 4.90 Å². The van der Waals surface area contributed by atoms with E-state index in [0.717, 1.165) is 22.6 Å². The van der Waals surface area contributed by atoms with E-state index in [9.17, 15) is 4.79 Å². The molecule has 2 aromatic carbocycles. The number of hydrogen-bond donors (Lipinski definition) is 0. The lowest BCUT2D eigenvalue weighted by Crippen LogP contribution is -2.29. The van der Waals surface area contributed by atoms with Crippen molar-refractivity contribution in [3.05, 3.63) is 109 Å². The monoisotopic (exact) mass is 353 g/mol. The lowest BCUT2D eigenvalue weighted by atomic mass is 10.2. The fourth-order valence-electron chi connectivity index (χ4n) is 2.99. The summed E-state index contributed by atoms with van der Waals surface area (Å²) in [4.78, 5) is 19.2. The second kappa shape index (κ2) is 7.70. The summed E-state index contributed by atoms with van der Waals surface area (Å²) in [5, 5.41) is 0. The van der Waals surface area contributed by atoms with Gasteiger partial charge in [0.25, 0.3) is 5.91 Å². The molecule has 2 aromatic heterocycles. The molecule has 27 heavy (non-hydrogen) atoms. The standard InChI is InChI=1S/C23H19N3O/c27-23(15-14-19-9-3-1-4-10-19)26(20-11-5-2-6-12-20)18-21-17-24-22-13-7-8-16-25(21)22/h1-17H,18H2/b15-14+. The van der Waals surface area contributed by atoms with Crippen molar-refractivity contribution in [3.63, 3.8) is 0 Å². The molecule has 2 heterocycles. The Kier molecular flexibility index (Phi) is 4.79. The molecule has 0 aliphatic rings. The van der Waals surface area contributed by atoms with Crippen molar-refractivity contribution >= 4 is 23.3 Å². The molecule has 0 fully saturated rings. The molecule has 0 saturated heterocycles. The van der Waals surface area contributed by atoms with Gasteiger partial charge in [0.15, 0.2) is 0 Å². The van der Waals surface area contributed by atoms with E-state index >= 15 is 0 Å². The summed E-state index contributed by atoms with van der Waals surface area (Å²) in [7, 11) is 0. The number of benzene rings is 2. The van der Waals surface area contributed by atoms with E-state index in [-0.39, 0.29) is 5.91 Å². The molecule has 132 valence electrons. The number of amides is 1. The van der Waals surface area contributed by atoms with Crippen LogP contribution in [0.15, 0.2) is 97.3 Å². The minimum absolute atomic E-state index is 0.0732. The highest BCUT2D eigenvalue weighted by Gasteiger charge is 2.16. The first-order chi connectivity index (χ1) is 13.3. The molecule has 0 aliphatic heterocycles. The minimum atomic E-state index is -0.0732. The van der Waals surface area contributed by atoms with Crippen molar-refractivity contribution in [1.29, 1.82) is 0 Å². The number of rotatable bonds is 5. The number of carbonyl (C=O) groups excluding carboxylic acids is 1. The summed E-state index contributed by atoms with van der Waals surface area (Å²) < 4.78 is 2.00. The highest BCUT2D eigenvalue weighted by molar-refractivity contribution is 6.03. The Balaban J connectivity index is 1.65. The van der Waals surface area contributed by atoms with Crippen LogP contribution < -0.4 is 4.90 Å². The molecule has 0 bridgehead atoms. The van der Waals surface area contributed by atoms with Crippen LogP contribution in [0.1, 0.15) is 11.3 Å². The molecular weight excluding hydrogens is 334 g/mol. The number of imidazole rings is 1. The molecule has 0 aliphatic carbocycles. The zero-order valence-electron chi connectivity index (χ0n) is 14.8. The first-order valence-electron chi connectivity index (χ1n) is 8.82. The molecule has 0 saturated carbocycles. The van der Waals surface area contributed by atoms with Gasteiger partial charge < -0.3 is 9.30 Å². The average molecular weight is 353 g/mol. The number of anilines is 1. The number of fused-ring (bicyclic) bond motifs is 1. The van der Waals surface area contributed by atoms with Crippen molar-refractivity contribution in [2.45, 2.75) is 6.54 Å². The summed E-state index contributed by atoms with van der Waals surface area (Å²) in [5.74, 6) is -0.0732. The zero-order valence-corrected chi connectivity index (χ0v) is 14.8. The quantitative estimate of drug-likeness (QED) is 0.493. The Hall–Kier alpha value is -3.66. The Labute approximate surface area is 158 Å². The molecule has 0 radical (unpaired) electrons. The molecule has 0 N–H and O–H groups in total. The van der Waals surface area contributed by atoms with E-state index in [1.807, 2.05) is 102 Å². The topological polar surface area (TPSA) is 37.6 Å². The number of aromatic nitrogens is 2. The van der Waals surface area contributed by atoms with Gasteiger partial charge in [-0.2, -0.15) is 0 Å². The van der Waals surface area contributed by atoms with Gasteiger partial charge in [0.05, 0.1) is 18.4 Å². The second-order valence-corrected chi connectivity index (χ2v) is 6.18.